The summed E-state index contributed by atoms with van der Waals surface area (Å²) in [6.07, 6.45) is 3.77. The van der Waals surface area contributed by atoms with Gasteiger partial charge >= 0.3 is 0 Å². The molecule has 0 bridgehead atoms. The molecule has 4 heterocycles. The van der Waals surface area contributed by atoms with Gasteiger partial charge in [-0.1, -0.05) is 0 Å². The molecule has 2 fully saturated rings. The van der Waals surface area contributed by atoms with Crippen molar-refractivity contribution in [2.45, 2.75) is 19.3 Å². The number of morpholine rings is 1. The molecule has 124 valence electrons. The van der Waals surface area contributed by atoms with Crippen LogP contribution in [0.5, 0.6) is 0 Å². The van der Waals surface area contributed by atoms with Gasteiger partial charge < -0.3 is 20.0 Å². The van der Waals surface area contributed by atoms with E-state index in [4.69, 9.17) is 15.7 Å². The Labute approximate surface area is 135 Å². The molecule has 2 saturated heterocycles. The number of hydrogen-bond acceptors (Lipinski definition) is 7. The normalized spacial score (nSPS) is 19.3. The minimum absolute atomic E-state index is 0.657. The predicted octanol–water partition coefficient (Wildman–Crippen LogP) is 0.842. The Morgan fingerprint density at radius 3 is 2.52 bits per heavy atom. The Morgan fingerprint density at radius 2 is 1.78 bits per heavy atom. The molecule has 2 aliphatic heterocycles. The van der Waals surface area contributed by atoms with E-state index in [0.717, 1.165) is 56.7 Å². The zero-order valence-corrected chi connectivity index (χ0v) is 13.2. The molecule has 2 aromatic rings. The van der Waals surface area contributed by atoms with Gasteiger partial charge in [0.1, 0.15) is 11.6 Å². The average Bonchev–Trinajstić information content (AvgIpc) is 3.06. The second kappa shape index (κ2) is 6.21. The van der Waals surface area contributed by atoms with Gasteiger partial charge in [0.05, 0.1) is 13.2 Å². The van der Waals surface area contributed by atoms with Crippen LogP contribution in [0.3, 0.4) is 0 Å². The Balaban J connectivity index is 1.75. The smallest absolute Gasteiger partial charge is 0.161 e. The van der Waals surface area contributed by atoms with E-state index in [1.165, 1.54) is 19.3 Å². The molecule has 0 saturated carbocycles. The van der Waals surface area contributed by atoms with Gasteiger partial charge in [0.2, 0.25) is 0 Å². The van der Waals surface area contributed by atoms with Crippen LogP contribution < -0.4 is 21.1 Å². The number of piperidine rings is 1. The number of nitrogen functional groups attached to an aromatic ring is 1. The maximum absolute atomic E-state index is 5.59. The summed E-state index contributed by atoms with van der Waals surface area (Å²) in [5, 5.41) is 4.82. The number of anilines is 3. The van der Waals surface area contributed by atoms with Crippen LogP contribution in [0.25, 0.3) is 5.65 Å². The third-order valence-corrected chi connectivity index (χ3v) is 4.56. The lowest BCUT2D eigenvalue weighted by Gasteiger charge is -2.29. The van der Waals surface area contributed by atoms with Gasteiger partial charge in [0, 0.05) is 38.3 Å². The summed E-state index contributed by atoms with van der Waals surface area (Å²) in [5.41, 5.74) is 3.49. The number of rotatable bonds is 3. The van der Waals surface area contributed by atoms with Crippen molar-refractivity contribution < 1.29 is 4.74 Å². The molecule has 4 rings (SSSR count). The largest absolute Gasteiger partial charge is 0.378 e. The van der Waals surface area contributed by atoms with Gasteiger partial charge in [-0.15, -0.1) is 5.10 Å². The number of aromatic nitrogens is 3. The highest BCUT2D eigenvalue weighted by molar-refractivity contribution is 5.62. The Hall–Kier alpha value is -2.06. The molecule has 0 unspecified atom stereocenters. The fraction of sp³-hybridized carbons (Fsp3) is 0.600. The lowest BCUT2D eigenvalue weighted by atomic mass is 10.1. The molecule has 8 heteroatoms. The highest BCUT2D eigenvalue weighted by Gasteiger charge is 2.20. The summed E-state index contributed by atoms with van der Waals surface area (Å²) in [4.78, 5) is 9.16. The first-order valence-corrected chi connectivity index (χ1v) is 8.30. The van der Waals surface area contributed by atoms with Crippen LogP contribution in [0.4, 0.5) is 17.5 Å². The SMILES string of the molecule is NNc1cc(N2CCOCC2)n2nc(N3CCCCC3)cc2n1. The Bertz CT molecular complexity index is 674. The molecule has 8 nitrogen and oxygen atoms in total. The molecule has 0 radical (unpaired) electrons. The first-order chi connectivity index (χ1) is 11.3. The van der Waals surface area contributed by atoms with Crippen molar-refractivity contribution in [3.8, 4) is 0 Å². The summed E-state index contributed by atoms with van der Waals surface area (Å²) in [7, 11) is 0. The zero-order chi connectivity index (χ0) is 15.6. The van der Waals surface area contributed by atoms with Gasteiger partial charge in [-0.05, 0) is 19.3 Å². The van der Waals surface area contributed by atoms with E-state index >= 15 is 0 Å². The highest BCUT2D eigenvalue weighted by Crippen LogP contribution is 2.25. The van der Waals surface area contributed by atoms with Crippen LogP contribution in [-0.2, 0) is 4.74 Å². The monoisotopic (exact) mass is 317 g/mol. The average molecular weight is 317 g/mol. The van der Waals surface area contributed by atoms with Gasteiger partial charge in [0.15, 0.2) is 11.5 Å². The first-order valence-electron chi connectivity index (χ1n) is 8.30. The molecular formula is C15H23N7O. The second-order valence-electron chi connectivity index (χ2n) is 6.06. The maximum atomic E-state index is 5.59. The van der Waals surface area contributed by atoms with Crippen molar-refractivity contribution >= 4 is 23.1 Å². The number of hydrogen-bond donors (Lipinski definition) is 2. The topological polar surface area (TPSA) is 83.9 Å². The van der Waals surface area contributed by atoms with Crippen molar-refractivity contribution in [3.05, 3.63) is 12.1 Å². The zero-order valence-electron chi connectivity index (χ0n) is 13.2. The summed E-state index contributed by atoms with van der Waals surface area (Å²) in [6.45, 7) is 5.30. The van der Waals surface area contributed by atoms with Gasteiger partial charge in [-0.25, -0.2) is 10.8 Å². The van der Waals surface area contributed by atoms with Crippen LogP contribution in [0.15, 0.2) is 12.1 Å². The number of hydrazine groups is 1. The van der Waals surface area contributed by atoms with Crippen molar-refractivity contribution in [1.82, 2.24) is 14.6 Å². The van der Waals surface area contributed by atoms with Crippen molar-refractivity contribution in [2.75, 3.05) is 54.6 Å². The van der Waals surface area contributed by atoms with E-state index in [0.29, 0.717) is 5.82 Å². The van der Waals surface area contributed by atoms with E-state index in [1.807, 2.05) is 10.6 Å². The molecule has 0 aliphatic carbocycles. The van der Waals surface area contributed by atoms with E-state index in [-0.39, 0.29) is 0 Å². The molecule has 2 aliphatic rings. The summed E-state index contributed by atoms with van der Waals surface area (Å²) in [6, 6.07) is 4.00. The number of ether oxygens (including phenoxy) is 1. The lowest BCUT2D eigenvalue weighted by Crippen LogP contribution is -2.37. The van der Waals surface area contributed by atoms with Gasteiger partial charge in [-0.2, -0.15) is 4.52 Å². The van der Waals surface area contributed by atoms with Crippen molar-refractivity contribution in [2.24, 2.45) is 5.84 Å². The van der Waals surface area contributed by atoms with Crippen LogP contribution >= 0.6 is 0 Å². The fourth-order valence-corrected chi connectivity index (χ4v) is 3.32. The number of nitrogens with zero attached hydrogens (tertiary/aromatic N) is 5. The summed E-state index contributed by atoms with van der Waals surface area (Å²) in [5.74, 6) is 8.26. The quantitative estimate of drug-likeness (QED) is 0.641. The molecule has 0 amide bonds. The molecule has 0 atom stereocenters. The van der Waals surface area contributed by atoms with E-state index in [2.05, 4.69) is 26.3 Å². The third kappa shape index (κ3) is 2.79. The lowest BCUT2D eigenvalue weighted by molar-refractivity contribution is 0.122. The summed E-state index contributed by atoms with van der Waals surface area (Å²) >= 11 is 0. The van der Waals surface area contributed by atoms with Crippen LogP contribution in [0, 0.1) is 0 Å². The number of fused-ring (bicyclic) bond motifs is 1. The van der Waals surface area contributed by atoms with Gasteiger partial charge in [-0.3, -0.25) is 0 Å². The van der Waals surface area contributed by atoms with Crippen molar-refractivity contribution in [1.29, 1.82) is 0 Å². The van der Waals surface area contributed by atoms with E-state index in [9.17, 15) is 0 Å². The number of nitrogens with two attached hydrogens (primary N) is 1. The Kier molecular flexibility index (Phi) is 3.92. The minimum Gasteiger partial charge on any atom is -0.378 e. The third-order valence-electron chi connectivity index (χ3n) is 4.56. The molecule has 23 heavy (non-hydrogen) atoms. The van der Waals surface area contributed by atoms with Crippen LogP contribution in [-0.4, -0.2) is 54.0 Å². The molecule has 2 aromatic heterocycles. The maximum Gasteiger partial charge on any atom is 0.161 e. The molecule has 3 N–H and O–H groups in total. The second-order valence-corrected chi connectivity index (χ2v) is 6.06. The Morgan fingerprint density at radius 1 is 1.00 bits per heavy atom. The van der Waals surface area contributed by atoms with Crippen molar-refractivity contribution in [3.63, 3.8) is 0 Å². The highest BCUT2D eigenvalue weighted by atomic mass is 16.5. The van der Waals surface area contributed by atoms with Gasteiger partial charge in [0.25, 0.3) is 0 Å². The molecule has 0 aromatic carbocycles. The molecule has 0 spiro atoms. The van der Waals surface area contributed by atoms with Crippen LogP contribution in [0.2, 0.25) is 0 Å². The number of nitrogens with one attached hydrogen (secondary N) is 1. The fourth-order valence-electron chi connectivity index (χ4n) is 3.32. The predicted molar refractivity (Wildman–Crippen MR) is 89.9 cm³/mol. The molecular weight excluding hydrogens is 294 g/mol. The first kappa shape index (κ1) is 14.5. The van der Waals surface area contributed by atoms with E-state index < -0.39 is 0 Å². The standard InChI is InChI=1S/C15H23N7O/c16-18-12-10-15(21-6-8-23-9-7-21)22-13(17-12)11-14(19-22)20-4-2-1-3-5-20/h10-11H,1-9,16H2,(H,17,18). The van der Waals surface area contributed by atoms with E-state index in [1.54, 1.807) is 0 Å². The minimum atomic E-state index is 0.657. The van der Waals surface area contributed by atoms with Crippen LogP contribution in [0.1, 0.15) is 19.3 Å². The summed E-state index contributed by atoms with van der Waals surface area (Å²) < 4.78 is 7.38.